The molecule has 27 heavy (non-hydrogen) atoms. The Morgan fingerprint density at radius 3 is 2.56 bits per heavy atom. The highest BCUT2D eigenvalue weighted by molar-refractivity contribution is 5.95. The number of nitrogens with one attached hydrogen (secondary N) is 3. The molecule has 0 fully saturated rings. The van der Waals surface area contributed by atoms with Crippen LogP contribution in [-0.4, -0.2) is 44.6 Å². The number of fused-ring (bicyclic) bond motifs is 1. The first kappa shape index (κ1) is 18.2. The molecule has 3 heterocycles. The molecule has 0 bridgehead atoms. The maximum atomic E-state index is 13.1. The normalized spacial score (nSPS) is 10.6. The number of amides is 3. The van der Waals surface area contributed by atoms with Crippen LogP contribution < -0.4 is 16.0 Å². The van der Waals surface area contributed by atoms with Crippen LogP contribution >= 0.6 is 0 Å². The van der Waals surface area contributed by atoms with Gasteiger partial charge in [-0.25, -0.2) is 14.3 Å². The van der Waals surface area contributed by atoms with E-state index in [1.165, 1.54) is 16.8 Å². The zero-order valence-electron chi connectivity index (χ0n) is 14.8. The number of halogens is 1. The van der Waals surface area contributed by atoms with Crippen molar-refractivity contribution in [3.05, 3.63) is 42.1 Å². The van der Waals surface area contributed by atoms with E-state index in [0.29, 0.717) is 29.9 Å². The summed E-state index contributed by atoms with van der Waals surface area (Å²) in [5, 5.41) is 12.0. The molecule has 0 spiro atoms. The predicted molar refractivity (Wildman–Crippen MR) is 96.9 cm³/mol. The first-order valence-corrected chi connectivity index (χ1v) is 8.37. The van der Waals surface area contributed by atoms with Crippen LogP contribution in [0.1, 0.15) is 24.3 Å². The average Bonchev–Trinajstić information content (AvgIpc) is 3.04. The van der Waals surface area contributed by atoms with Crippen LogP contribution in [0.4, 0.5) is 15.1 Å². The number of nitrogens with zero attached hydrogens (tertiary/aromatic N) is 4. The van der Waals surface area contributed by atoms with Gasteiger partial charge in [0.15, 0.2) is 5.65 Å². The van der Waals surface area contributed by atoms with Gasteiger partial charge in [0.2, 0.25) is 5.95 Å². The van der Waals surface area contributed by atoms with Crippen molar-refractivity contribution in [2.75, 3.05) is 18.4 Å². The van der Waals surface area contributed by atoms with E-state index in [2.05, 4.69) is 31.0 Å². The predicted octanol–water partition coefficient (Wildman–Crippen LogP) is 1.82. The molecule has 0 unspecified atom stereocenters. The van der Waals surface area contributed by atoms with Gasteiger partial charge in [-0.1, -0.05) is 0 Å². The van der Waals surface area contributed by atoms with Crippen LogP contribution in [-0.2, 0) is 0 Å². The Morgan fingerprint density at radius 2 is 1.89 bits per heavy atom. The van der Waals surface area contributed by atoms with Crippen LogP contribution in [0.2, 0.25) is 0 Å². The van der Waals surface area contributed by atoms with Crippen molar-refractivity contribution in [2.24, 2.45) is 0 Å². The topological polar surface area (TPSA) is 113 Å². The van der Waals surface area contributed by atoms with Crippen molar-refractivity contribution in [1.29, 1.82) is 0 Å². The van der Waals surface area contributed by atoms with Crippen LogP contribution in [0.25, 0.3) is 16.8 Å². The second kappa shape index (κ2) is 7.77. The summed E-state index contributed by atoms with van der Waals surface area (Å²) in [6, 6.07) is 5.62. The van der Waals surface area contributed by atoms with Gasteiger partial charge in [-0.2, -0.15) is 9.37 Å². The van der Waals surface area contributed by atoms with E-state index in [0.717, 1.165) is 0 Å². The van der Waals surface area contributed by atoms with Gasteiger partial charge in [0, 0.05) is 24.8 Å². The summed E-state index contributed by atoms with van der Waals surface area (Å²) in [6.45, 7) is 4.46. The van der Waals surface area contributed by atoms with Crippen LogP contribution in [0, 0.1) is 5.95 Å². The molecular weight excluding hydrogens is 353 g/mol. The van der Waals surface area contributed by atoms with Gasteiger partial charge in [0.05, 0.1) is 0 Å². The van der Waals surface area contributed by atoms with E-state index in [9.17, 15) is 14.0 Å². The Bertz CT molecular complexity index is 985. The number of aromatic nitrogens is 4. The Hall–Kier alpha value is -3.56. The summed E-state index contributed by atoms with van der Waals surface area (Å²) in [4.78, 5) is 32.0. The van der Waals surface area contributed by atoms with Crippen molar-refractivity contribution in [3.63, 3.8) is 0 Å². The van der Waals surface area contributed by atoms with Crippen LogP contribution in [0.3, 0.4) is 0 Å². The van der Waals surface area contributed by atoms with Crippen molar-refractivity contribution in [1.82, 2.24) is 30.2 Å². The first-order chi connectivity index (χ1) is 13.0. The molecule has 0 saturated carbocycles. The highest BCUT2D eigenvalue weighted by atomic mass is 19.1. The number of carbonyl (C=O) groups is 2. The molecule has 3 aromatic heterocycles. The molecule has 0 aliphatic carbocycles. The lowest BCUT2D eigenvalue weighted by Crippen LogP contribution is -2.28. The number of anilines is 1. The molecule has 0 aromatic carbocycles. The minimum Gasteiger partial charge on any atom is -0.351 e. The lowest BCUT2D eigenvalue weighted by Gasteiger charge is -2.08. The number of hydrogen-bond donors (Lipinski definition) is 3. The van der Waals surface area contributed by atoms with Gasteiger partial charge in [-0.3, -0.25) is 10.1 Å². The summed E-state index contributed by atoms with van der Waals surface area (Å²) in [5.41, 5.74) is 1.81. The third-order valence-corrected chi connectivity index (χ3v) is 3.63. The fraction of sp³-hybridized carbons (Fsp3) is 0.235. The molecule has 140 valence electrons. The molecule has 3 aromatic rings. The van der Waals surface area contributed by atoms with Gasteiger partial charge < -0.3 is 10.6 Å². The first-order valence-electron chi connectivity index (χ1n) is 8.37. The van der Waals surface area contributed by atoms with Crippen molar-refractivity contribution in [2.45, 2.75) is 13.8 Å². The third kappa shape index (κ3) is 4.00. The minimum absolute atomic E-state index is 0.0564. The summed E-state index contributed by atoms with van der Waals surface area (Å²) in [5.74, 6) is -0.894. The largest absolute Gasteiger partial charge is 0.351 e. The van der Waals surface area contributed by atoms with E-state index < -0.39 is 12.0 Å². The zero-order valence-corrected chi connectivity index (χ0v) is 14.8. The molecule has 3 amide bonds. The smallest absolute Gasteiger partial charge is 0.321 e. The summed E-state index contributed by atoms with van der Waals surface area (Å²) in [6.07, 6.45) is 1.37. The van der Waals surface area contributed by atoms with Gasteiger partial charge >= 0.3 is 6.03 Å². The molecule has 0 atom stereocenters. The maximum absolute atomic E-state index is 13.1. The number of pyridine rings is 2. The van der Waals surface area contributed by atoms with Gasteiger partial charge in [-0.05, 0) is 43.7 Å². The Morgan fingerprint density at radius 1 is 1.11 bits per heavy atom. The van der Waals surface area contributed by atoms with E-state index in [1.807, 2.05) is 0 Å². The van der Waals surface area contributed by atoms with Crippen molar-refractivity contribution in [3.8, 4) is 11.1 Å². The van der Waals surface area contributed by atoms with Crippen LogP contribution in [0.5, 0.6) is 0 Å². The molecule has 10 heteroatoms. The molecule has 0 radical (unpaired) electrons. The van der Waals surface area contributed by atoms with E-state index in [-0.39, 0.29) is 17.5 Å². The second-order valence-corrected chi connectivity index (χ2v) is 5.55. The quantitative estimate of drug-likeness (QED) is 0.592. The average molecular weight is 371 g/mol. The zero-order chi connectivity index (χ0) is 19.4. The fourth-order valence-corrected chi connectivity index (χ4v) is 2.47. The Kier molecular flexibility index (Phi) is 5.25. The van der Waals surface area contributed by atoms with Gasteiger partial charge in [0.25, 0.3) is 11.9 Å². The lowest BCUT2D eigenvalue weighted by atomic mass is 10.1. The number of urea groups is 1. The second-order valence-electron chi connectivity index (χ2n) is 5.55. The summed E-state index contributed by atoms with van der Waals surface area (Å²) < 4.78 is 14.4. The highest BCUT2D eigenvalue weighted by Crippen LogP contribution is 2.23. The number of rotatable bonds is 5. The van der Waals surface area contributed by atoms with Crippen molar-refractivity contribution >= 4 is 23.5 Å². The van der Waals surface area contributed by atoms with Crippen LogP contribution in [0.15, 0.2) is 30.5 Å². The fourth-order valence-electron chi connectivity index (χ4n) is 2.47. The number of carbonyl (C=O) groups excluding carboxylic acids is 2. The van der Waals surface area contributed by atoms with E-state index in [1.54, 1.807) is 32.0 Å². The molecule has 9 nitrogen and oxygen atoms in total. The molecule has 3 rings (SSSR count). The highest BCUT2D eigenvalue weighted by Gasteiger charge is 2.17. The molecule has 0 aliphatic rings. The molecular formula is C17H18FN7O2. The molecule has 0 aliphatic heterocycles. The lowest BCUT2D eigenvalue weighted by molar-refractivity contribution is 0.0948. The molecule has 3 N–H and O–H groups in total. The number of hydrogen-bond acceptors (Lipinski definition) is 5. The van der Waals surface area contributed by atoms with E-state index >= 15 is 0 Å². The Labute approximate surface area is 154 Å². The SMILES string of the molecule is CCNC(=O)Nc1nc2cc(-c3ccc(F)nc3)cc(C(=O)NCC)n2n1. The van der Waals surface area contributed by atoms with Gasteiger partial charge in [0.1, 0.15) is 5.69 Å². The summed E-state index contributed by atoms with van der Waals surface area (Å²) >= 11 is 0. The van der Waals surface area contributed by atoms with Gasteiger partial charge in [-0.15, -0.1) is 5.10 Å². The standard InChI is InChI=1S/C17H18FN7O2/c1-3-19-15(26)12-7-11(10-5-6-13(18)21-9-10)8-14-22-16(24-25(12)14)23-17(27)20-4-2/h5-9H,3-4H2,1-2H3,(H,19,26)(H2,20,23,24,27). The Balaban J connectivity index is 2.09. The minimum atomic E-state index is -0.598. The molecule has 0 saturated heterocycles. The summed E-state index contributed by atoms with van der Waals surface area (Å²) in [7, 11) is 0. The third-order valence-electron chi connectivity index (χ3n) is 3.63. The van der Waals surface area contributed by atoms with Crippen molar-refractivity contribution < 1.29 is 14.0 Å². The monoisotopic (exact) mass is 371 g/mol. The maximum Gasteiger partial charge on any atom is 0.321 e. The van der Waals surface area contributed by atoms with E-state index in [4.69, 9.17) is 0 Å².